The van der Waals surface area contributed by atoms with E-state index in [0.717, 1.165) is 10.9 Å². The second-order valence-corrected chi connectivity index (χ2v) is 7.79. The Morgan fingerprint density at radius 2 is 1.80 bits per heavy atom. The van der Waals surface area contributed by atoms with Crippen molar-refractivity contribution in [2.24, 2.45) is 11.3 Å². The zero-order valence-corrected chi connectivity index (χ0v) is 14.0. The lowest BCUT2D eigenvalue weighted by Crippen LogP contribution is -2.37. The lowest BCUT2D eigenvalue weighted by atomic mass is 9.71. The predicted octanol–water partition coefficient (Wildman–Crippen LogP) is 5.60. The van der Waals surface area contributed by atoms with Crippen LogP contribution in [0.15, 0.2) is 24.3 Å². The molecule has 1 fully saturated rings. The number of halogens is 1. The van der Waals surface area contributed by atoms with Gasteiger partial charge in [0.1, 0.15) is 0 Å². The molecule has 1 aromatic carbocycles. The van der Waals surface area contributed by atoms with Crippen LogP contribution < -0.4 is 5.32 Å². The Labute approximate surface area is 129 Å². The number of hydrogen-bond acceptors (Lipinski definition) is 1. The highest BCUT2D eigenvalue weighted by Crippen LogP contribution is 2.38. The number of benzene rings is 1. The van der Waals surface area contributed by atoms with Gasteiger partial charge in [0.15, 0.2) is 0 Å². The van der Waals surface area contributed by atoms with Crippen molar-refractivity contribution in [1.29, 1.82) is 0 Å². The Bertz CT molecular complexity index is 427. The fourth-order valence-corrected chi connectivity index (χ4v) is 3.55. The van der Waals surface area contributed by atoms with E-state index in [1.165, 1.54) is 31.2 Å². The third kappa shape index (κ3) is 4.23. The van der Waals surface area contributed by atoms with Gasteiger partial charge in [-0.25, -0.2) is 0 Å². The summed E-state index contributed by atoms with van der Waals surface area (Å²) in [4.78, 5) is 0. The topological polar surface area (TPSA) is 12.0 Å². The first kappa shape index (κ1) is 15.9. The van der Waals surface area contributed by atoms with E-state index in [-0.39, 0.29) is 0 Å². The van der Waals surface area contributed by atoms with E-state index in [1.807, 2.05) is 12.1 Å². The normalized spacial score (nSPS) is 25.4. The largest absolute Gasteiger partial charge is 0.307 e. The van der Waals surface area contributed by atoms with E-state index in [1.54, 1.807) is 0 Å². The standard InChI is InChI=1S/C18H28ClN/c1-13(14-6-5-7-16(19)12-14)20-17-10-8-15(9-11-17)18(2,3)4/h5-7,12-13,15,17,20H,8-11H2,1-4H3/t13-,15?,17?/m0/s1. The minimum Gasteiger partial charge on any atom is -0.307 e. The van der Waals surface area contributed by atoms with Gasteiger partial charge in [-0.3, -0.25) is 0 Å². The van der Waals surface area contributed by atoms with E-state index in [9.17, 15) is 0 Å². The van der Waals surface area contributed by atoms with Crippen LogP contribution in [0.2, 0.25) is 5.02 Å². The molecular formula is C18H28ClN. The van der Waals surface area contributed by atoms with Gasteiger partial charge < -0.3 is 5.32 Å². The lowest BCUT2D eigenvalue weighted by molar-refractivity contribution is 0.157. The SMILES string of the molecule is C[C@H](NC1CCC(C(C)(C)C)CC1)c1cccc(Cl)c1. The van der Waals surface area contributed by atoms with E-state index in [0.29, 0.717) is 17.5 Å². The van der Waals surface area contributed by atoms with Gasteiger partial charge in [-0.05, 0) is 61.6 Å². The fraction of sp³-hybridized carbons (Fsp3) is 0.667. The maximum Gasteiger partial charge on any atom is 0.0409 e. The van der Waals surface area contributed by atoms with E-state index >= 15 is 0 Å². The summed E-state index contributed by atoms with van der Waals surface area (Å²) in [6, 6.07) is 9.23. The highest BCUT2D eigenvalue weighted by atomic mass is 35.5. The quantitative estimate of drug-likeness (QED) is 0.765. The van der Waals surface area contributed by atoms with Crippen molar-refractivity contribution >= 4 is 11.6 Å². The summed E-state index contributed by atoms with van der Waals surface area (Å²) in [5.41, 5.74) is 1.75. The monoisotopic (exact) mass is 293 g/mol. The highest BCUT2D eigenvalue weighted by Gasteiger charge is 2.30. The fourth-order valence-electron chi connectivity index (χ4n) is 3.35. The van der Waals surface area contributed by atoms with E-state index in [2.05, 4.69) is 45.1 Å². The molecule has 1 aliphatic rings. The average Bonchev–Trinajstić information content (AvgIpc) is 2.38. The smallest absolute Gasteiger partial charge is 0.0409 e. The molecule has 0 unspecified atom stereocenters. The van der Waals surface area contributed by atoms with Crippen LogP contribution in [-0.2, 0) is 0 Å². The molecule has 0 aromatic heterocycles. The summed E-state index contributed by atoms with van der Waals surface area (Å²) in [7, 11) is 0. The second-order valence-electron chi connectivity index (χ2n) is 7.36. The number of hydrogen-bond donors (Lipinski definition) is 1. The van der Waals surface area contributed by atoms with Crippen LogP contribution in [0.1, 0.15) is 65.0 Å². The first-order valence-electron chi connectivity index (χ1n) is 7.88. The molecule has 0 radical (unpaired) electrons. The first-order valence-corrected chi connectivity index (χ1v) is 8.25. The zero-order chi connectivity index (χ0) is 14.8. The van der Waals surface area contributed by atoms with Gasteiger partial charge in [0, 0.05) is 17.1 Å². The Morgan fingerprint density at radius 1 is 1.15 bits per heavy atom. The van der Waals surface area contributed by atoms with Crippen LogP contribution in [0.4, 0.5) is 0 Å². The van der Waals surface area contributed by atoms with Gasteiger partial charge in [0.2, 0.25) is 0 Å². The van der Waals surface area contributed by atoms with E-state index in [4.69, 9.17) is 11.6 Å². The van der Waals surface area contributed by atoms with Crippen LogP contribution in [0.5, 0.6) is 0 Å². The molecule has 2 rings (SSSR count). The molecule has 1 aliphatic carbocycles. The summed E-state index contributed by atoms with van der Waals surface area (Å²) >= 11 is 6.07. The molecule has 1 atom stereocenters. The molecule has 1 saturated carbocycles. The van der Waals surface area contributed by atoms with Crippen molar-refractivity contribution in [1.82, 2.24) is 5.32 Å². The lowest BCUT2D eigenvalue weighted by Gasteiger charge is -2.38. The summed E-state index contributed by atoms with van der Waals surface area (Å²) < 4.78 is 0. The van der Waals surface area contributed by atoms with Crippen molar-refractivity contribution in [2.75, 3.05) is 0 Å². The van der Waals surface area contributed by atoms with Crippen molar-refractivity contribution in [3.05, 3.63) is 34.9 Å². The molecule has 0 bridgehead atoms. The van der Waals surface area contributed by atoms with Crippen LogP contribution in [0, 0.1) is 11.3 Å². The minimum absolute atomic E-state index is 0.380. The molecule has 1 aromatic rings. The predicted molar refractivity (Wildman–Crippen MR) is 88.2 cm³/mol. The van der Waals surface area contributed by atoms with Crippen LogP contribution in [0.25, 0.3) is 0 Å². The van der Waals surface area contributed by atoms with E-state index < -0.39 is 0 Å². The summed E-state index contributed by atoms with van der Waals surface area (Å²) in [5, 5.41) is 4.60. The average molecular weight is 294 g/mol. The van der Waals surface area contributed by atoms with Gasteiger partial charge in [-0.1, -0.05) is 44.5 Å². The highest BCUT2D eigenvalue weighted by molar-refractivity contribution is 6.30. The Hall–Kier alpha value is -0.530. The van der Waals surface area contributed by atoms with Gasteiger partial charge in [-0.2, -0.15) is 0 Å². The first-order chi connectivity index (χ1) is 9.36. The maximum atomic E-state index is 6.07. The van der Waals surface area contributed by atoms with Crippen LogP contribution >= 0.6 is 11.6 Å². The molecule has 20 heavy (non-hydrogen) atoms. The minimum atomic E-state index is 0.380. The van der Waals surface area contributed by atoms with Gasteiger partial charge in [0.25, 0.3) is 0 Å². The van der Waals surface area contributed by atoms with Gasteiger partial charge in [-0.15, -0.1) is 0 Å². The van der Waals surface area contributed by atoms with Crippen molar-refractivity contribution < 1.29 is 0 Å². The Kier molecular flexibility index (Phi) is 5.14. The molecule has 1 nitrogen and oxygen atoms in total. The summed E-state index contributed by atoms with van der Waals surface area (Å²) in [5.74, 6) is 0.877. The molecule has 0 spiro atoms. The Balaban J connectivity index is 1.86. The van der Waals surface area contributed by atoms with Crippen LogP contribution in [0.3, 0.4) is 0 Å². The van der Waals surface area contributed by atoms with Gasteiger partial charge >= 0.3 is 0 Å². The number of rotatable bonds is 3. The summed E-state index contributed by atoms with van der Waals surface area (Å²) in [6.45, 7) is 9.36. The van der Waals surface area contributed by atoms with Crippen molar-refractivity contribution in [3.8, 4) is 0 Å². The molecule has 0 heterocycles. The van der Waals surface area contributed by atoms with Crippen molar-refractivity contribution in [3.63, 3.8) is 0 Å². The van der Waals surface area contributed by atoms with Crippen LogP contribution in [-0.4, -0.2) is 6.04 Å². The molecule has 112 valence electrons. The molecule has 0 saturated heterocycles. The molecule has 1 N–H and O–H groups in total. The van der Waals surface area contributed by atoms with Gasteiger partial charge in [0.05, 0.1) is 0 Å². The second kappa shape index (κ2) is 6.49. The molecule has 0 amide bonds. The Morgan fingerprint density at radius 3 is 2.35 bits per heavy atom. The molecular weight excluding hydrogens is 266 g/mol. The molecule has 2 heteroatoms. The third-order valence-corrected chi connectivity index (χ3v) is 5.02. The summed E-state index contributed by atoms with van der Waals surface area (Å²) in [6.07, 6.45) is 5.30. The van der Waals surface area contributed by atoms with Crippen molar-refractivity contribution in [2.45, 2.75) is 65.5 Å². The maximum absolute atomic E-state index is 6.07. The molecule has 0 aliphatic heterocycles. The third-order valence-electron chi connectivity index (χ3n) is 4.79. The number of nitrogens with one attached hydrogen (secondary N) is 1. The zero-order valence-electron chi connectivity index (χ0n) is 13.2.